The minimum Gasteiger partial charge on any atom is -0.468 e. The summed E-state index contributed by atoms with van der Waals surface area (Å²) < 4.78 is 5.56. The molecule has 2 N–H and O–H groups in total. The van der Waals surface area contributed by atoms with E-state index in [2.05, 4.69) is 65.0 Å². The topological polar surface area (TPSA) is 52.8 Å². The van der Waals surface area contributed by atoms with Gasteiger partial charge >= 0.3 is 0 Å². The van der Waals surface area contributed by atoms with E-state index in [9.17, 15) is 0 Å². The molecule has 5 nitrogen and oxygen atoms in total. The zero-order valence-corrected chi connectivity index (χ0v) is 15.3. The third kappa shape index (κ3) is 4.23. The van der Waals surface area contributed by atoms with Gasteiger partial charge in [-0.1, -0.05) is 30.3 Å². The monoisotopic (exact) mass is 340 g/mol. The number of nitrogens with one attached hydrogen (secondary N) is 2. The number of benzene rings is 1. The summed E-state index contributed by atoms with van der Waals surface area (Å²) in [4.78, 5) is 6.51. The first-order valence-electron chi connectivity index (χ1n) is 8.84. The van der Waals surface area contributed by atoms with E-state index in [1.165, 1.54) is 18.4 Å². The van der Waals surface area contributed by atoms with Crippen LogP contribution in [0, 0.1) is 0 Å². The Morgan fingerprint density at radius 1 is 1.16 bits per heavy atom. The van der Waals surface area contributed by atoms with Crippen LogP contribution in [-0.4, -0.2) is 45.1 Å². The molecular formula is C20H28N4O. The quantitative estimate of drug-likeness (QED) is 0.601. The fourth-order valence-corrected chi connectivity index (χ4v) is 3.20. The van der Waals surface area contributed by atoms with Crippen molar-refractivity contribution in [2.24, 2.45) is 4.99 Å². The Morgan fingerprint density at radius 3 is 2.48 bits per heavy atom. The van der Waals surface area contributed by atoms with Crippen LogP contribution in [0.2, 0.25) is 0 Å². The number of hydrogen-bond donors (Lipinski definition) is 2. The maximum absolute atomic E-state index is 5.56. The molecule has 5 heteroatoms. The van der Waals surface area contributed by atoms with Crippen molar-refractivity contribution in [2.75, 3.05) is 34.2 Å². The molecule has 1 atom stereocenters. The predicted molar refractivity (Wildman–Crippen MR) is 102 cm³/mol. The summed E-state index contributed by atoms with van der Waals surface area (Å²) in [5, 5.41) is 6.93. The van der Waals surface area contributed by atoms with Crippen molar-refractivity contribution in [1.29, 1.82) is 0 Å². The van der Waals surface area contributed by atoms with E-state index < -0.39 is 0 Å². The highest BCUT2D eigenvalue weighted by Gasteiger charge is 2.44. The zero-order chi connectivity index (χ0) is 17.7. The van der Waals surface area contributed by atoms with Gasteiger partial charge in [-0.2, -0.15) is 0 Å². The van der Waals surface area contributed by atoms with E-state index in [0.717, 1.165) is 24.8 Å². The molecule has 0 bridgehead atoms. The van der Waals surface area contributed by atoms with Crippen LogP contribution in [0.3, 0.4) is 0 Å². The Kier molecular flexibility index (Phi) is 5.43. The highest BCUT2D eigenvalue weighted by Crippen LogP contribution is 2.47. The third-order valence-electron chi connectivity index (χ3n) is 5.02. The molecule has 25 heavy (non-hydrogen) atoms. The van der Waals surface area contributed by atoms with E-state index in [4.69, 9.17) is 4.42 Å². The molecular weight excluding hydrogens is 312 g/mol. The SMILES string of the molecule is CN=C(NCC(c1ccco1)N(C)C)NCC1(c2ccccc2)CC1. The molecule has 0 radical (unpaired) electrons. The molecule has 1 aliphatic carbocycles. The fourth-order valence-electron chi connectivity index (χ4n) is 3.20. The molecule has 1 unspecified atom stereocenters. The van der Waals surface area contributed by atoms with Gasteiger partial charge in [0.25, 0.3) is 0 Å². The summed E-state index contributed by atoms with van der Waals surface area (Å²) in [6.45, 7) is 1.64. The van der Waals surface area contributed by atoms with Gasteiger partial charge in [0.2, 0.25) is 0 Å². The van der Waals surface area contributed by atoms with Crippen molar-refractivity contribution >= 4 is 5.96 Å². The first kappa shape index (κ1) is 17.5. The molecule has 0 spiro atoms. The van der Waals surface area contributed by atoms with Crippen LogP contribution in [0.5, 0.6) is 0 Å². The number of aliphatic imine (C=N–C) groups is 1. The lowest BCUT2D eigenvalue weighted by Crippen LogP contribution is -2.44. The molecule has 1 aliphatic rings. The predicted octanol–water partition coefficient (Wildman–Crippen LogP) is 2.78. The maximum atomic E-state index is 5.56. The van der Waals surface area contributed by atoms with Gasteiger partial charge in [0, 0.05) is 25.6 Å². The molecule has 0 amide bonds. The second-order valence-corrected chi connectivity index (χ2v) is 6.95. The second-order valence-electron chi connectivity index (χ2n) is 6.95. The van der Waals surface area contributed by atoms with Gasteiger partial charge in [0.05, 0.1) is 12.3 Å². The average molecular weight is 340 g/mol. The lowest BCUT2D eigenvalue weighted by atomic mass is 9.96. The first-order chi connectivity index (χ1) is 12.1. The minimum absolute atomic E-state index is 0.164. The molecule has 1 heterocycles. The Balaban J connectivity index is 1.55. The van der Waals surface area contributed by atoms with Crippen LogP contribution in [0.25, 0.3) is 0 Å². The third-order valence-corrected chi connectivity index (χ3v) is 5.02. The van der Waals surface area contributed by atoms with Crippen LogP contribution in [0.1, 0.15) is 30.2 Å². The van der Waals surface area contributed by atoms with Crippen molar-refractivity contribution < 1.29 is 4.42 Å². The van der Waals surface area contributed by atoms with Gasteiger partial charge in [-0.3, -0.25) is 9.89 Å². The molecule has 0 saturated heterocycles. The molecule has 0 aliphatic heterocycles. The van der Waals surface area contributed by atoms with Crippen LogP contribution >= 0.6 is 0 Å². The highest BCUT2D eigenvalue weighted by atomic mass is 16.3. The Bertz CT molecular complexity index is 675. The van der Waals surface area contributed by atoms with Gasteiger partial charge in [-0.15, -0.1) is 0 Å². The Labute approximate surface area is 150 Å². The number of likely N-dealkylation sites (N-methyl/N-ethyl adjacent to an activating group) is 1. The minimum atomic E-state index is 0.164. The first-order valence-corrected chi connectivity index (χ1v) is 8.84. The molecule has 3 rings (SSSR count). The van der Waals surface area contributed by atoms with E-state index in [-0.39, 0.29) is 11.5 Å². The van der Waals surface area contributed by atoms with Crippen molar-refractivity contribution in [3.63, 3.8) is 0 Å². The smallest absolute Gasteiger partial charge is 0.191 e. The summed E-state index contributed by atoms with van der Waals surface area (Å²) in [5.74, 6) is 1.79. The molecule has 134 valence electrons. The Hall–Kier alpha value is -2.27. The average Bonchev–Trinajstić information content (AvgIpc) is 3.24. The fraction of sp³-hybridized carbons (Fsp3) is 0.450. The lowest BCUT2D eigenvalue weighted by Gasteiger charge is -2.24. The molecule has 1 aromatic carbocycles. The van der Waals surface area contributed by atoms with E-state index in [1.807, 2.05) is 19.2 Å². The van der Waals surface area contributed by atoms with Crippen molar-refractivity contribution in [3.05, 3.63) is 60.1 Å². The van der Waals surface area contributed by atoms with Crippen LogP contribution < -0.4 is 10.6 Å². The highest BCUT2D eigenvalue weighted by molar-refractivity contribution is 5.79. The van der Waals surface area contributed by atoms with E-state index in [0.29, 0.717) is 0 Å². The van der Waals surface area contributed by atoms with Crippen LogP contribution in [0.4, 0.5) is 0 Å². The van der Waals surface area contributed by atoms with Crippen molar-refractivity contribution in [3.8, 4) is 0 Å². The number of hydrogen-bond acceptors (Lipinski definition) is 3. The van der Waals surface area contributed by atoms with Gasteiger partial charge < -0.3 is 15.1 Å². The Morgan fingerprint density at radius 2 is 1.92 bits per heavy atom. The molecule has 1 aromatic heterocycles. The van der Waals surface area contributed by atoms with Crippen LogP contribution in [0.15, 0.2) is 58.1 Å². The largest absolute Gasteiger partial charge is 0.468 e. The lowest BCUT2D eigenvalue weighted by molar-refractivity contribution is 0.258. The van der Waals surface area contributed by atoms with Crippen molar-refractivity contribution in [2.45, 2.75) is 24.3 Å². The molecule has 1 fully saturated rings. The number of rotatable bonds is 7. The summed E-state index contributed by atoms with van der Waals surface area (Å²) in [7, 11) is 5.92. The summed E-state index contributed by atoms with van der Waals surface area (Å²) in [6.07, 6.45) is 4.18. The van der Waals surface area contributed by atoms with Gasteiger partial charge in [-0.05, 0) is 44.6 Å². The van der Waals surface area contributed by atoms with Gasteiger partial charge in [0.1, 0.15) is 5.76 Å². The normalized spacial score (nSPS) is 17.4. The van der Waals surface area contributed by atoms with Gasteiger partial charge in [-0.25, -0.2) is 0 Å². The maximum Gasteiger partial charge on any atom is 0.191 e. The number of guanidine groups is 1. The van der Waals surface area contributed by atoms with E-state index in [1.54, 1.807) is 6.26 Å². The molecule has 2 aromatic rings. The van der Waals surface area contributed by atoms with Crippen molar-refractivity contribution in [1.82, 2.24) is 15.5 Å². The zero-order valence-electron chi connectivity index (χ0n) is 15.3. The second kappa shape index (κ2) is 7.74. The number of furan rings is 1. The summed E-state index contributed by atoms with van der Waals surface area (Å²) >= 11 is 0. The van der Waals surface area contributed by atoms with E-state index >= 15 is 0 Å². The number of nitrogens with zero attached hydrogens (tertiary/aromatic N) is 2. The summed E-state index contributed by atoms with van der Waals surface area (Å²) in [6, 6.07) is 14.9. The molecule has 1 saturated carbocycles. The summed E-state index contributed by atoms with van der Waals surface area (Å²) in [5.41, 5.74) is 1.68. The van der Waals surface area contributed by atoms with Crippen LogP contribution in [-0.2, 0) is 5.41 Å². The standard InChI is InChI=1S/C20H28N4O/c1-21-19(22-14-17(24(2)3)18-10-7-13-25-18)23-15-20(11-12-20)16-8-5-4-6-9-16/h4-10,13,17H,11-12,14-15H2,1-3H3,(H2,21,22,23). The van der Waals surface area contributed by atoms with Gasteiger partial charge in [0.15, 0.2) is 5.96 Å².